The van der Waals surface area contributed by atoms with Gasteiger partial charge in [-0.05, 0) is 0 Å². The van der Waals surface area contributed by atoms with Crippen LogP contribution in [0.1, 0.15) is 0 Å². The Morgan fingerprint density at radius 1 is 0.955 bits per heavy atom. The van der Waals surface area contributed by atoms with Crippen LogP contribution in [0.3, 0.4) is 0 Å². The van der Waals surface area contributed by atoms with E-state index in [1.807, 2.05) is 0 Å². The van der Waals surface area contributed by atoms with Crippen LogP contribution in [-0.2, 0) is 0 Å². The van der Waals surface area contributed by atoms with Crippen molar-refractivity contribution in [1.29, 1.82) is 0 Å². The molecule has 0 fully saturated rings. The Kier molecular flexibility index (Phi) is 2.34. The van der Waals surface area contributed by atoms with E-state index in [1.54, 1.807) is 18.2 Å². The quantitative estimate of drug-likeness (QED) is 0.362. The molecule has 22 heavy (non-hydrogen) atoms. The topological polar surface area (TPSA) is 153 Å². The molecule has 10 heteroatoms. The van der Waals surface area contributed by atoms with E-state index in [0.717, 1.165) is 0 Å². The fourth-order valence-corrected chi connectivity index (χ4v) is 2.34. The van der Waals surface area contributed by atoms with Crippen LogP contribution in [0.25, 0.3) is 33.3 Å². The summed E-state index contributed by atoms with van der Waals surface area (Å²) in [5.41, 5.74) is -0.0738. The first kappa shape index (κ1) is 12.2. The van der Waals surface area contributed by atoms with E-state index < -0.39 is 16.9 Å². The molecule has 0 aliphatic rings. The van der Waals surface area contributed by atoms with Gasteiger partial charge >= 0.3 is 11.4 Å². The van der Waals surface area contributed by atoms with Crippen molar-refractivity contribution in [2.24, 2.45) is 0 Å². The molecule has 108 valence electrons. The minimum atomic E-state index is -0.688. The molecule has 0 atom stereocenters. The van der Waals surface area contributed by atoms with Gasteiger partial charge in [-0.15, -0.1) is 0 Å². The summed E-state index contributed by atoms with van der Waals surface area (Å²) in [5, 5.41) is 12.8. The molecule has 0 aliphatic carbocycles. The molecule has 3 heterocycles. The van der Waals surface area contributed by atoms with Crippen LogP contribution >= 0.6 is 0 Å². The van der Waals surface area contributed by atoms with Crippen molar-refractivity contribution >= 4 is 22.1 Å². The van der Waals surface area contributed by atoms with Crippen LogP contribution in [0, 0.1) is 0 Å². The summed E-state index contributed by atoms with van der Waals surface area (Å²) in [6.45, 7) is 0. The lowest BCUT2D eigenvalue weighted by atomic mass is 10.1. The number of hydrogen-bond acceptors (Lipinski definition) is 6. The van der Waals surface area contributed by atoms with E-state index in [2.05, 4.69) is 35.3 Å². The summed E-state index contributed by atoms with van der Waals surface area (Å²) in [6, 6.07) is 5.14. The van der Waals surface area contributed by atoms with Crippen LogP contribution in [0.4, 0.5) is 0 Å². The highest BCUT2D eigenvalue weighted by atomic mass is 16.2. The van der Waals surface area contributed by atoms with Crippen LogP contribution in [0.15, 0.2) is 32.6 Å². The molecule has 4 rings (SSSR count). The Morgan fingerprint density at radius 3 is 2.64 bits per heavy atom. The van der Waals surface area contributed by atoms with Crippen molar-refractivity contribution < 1.29 is 0 Å². The molecular weight excluding hydrogens is 290 g/mol. The van der Waals surface area contributed by atoms with Crippen molar-refractivity contribution in [2.45, 2.75) is 0 Å². The lowest BCUT2D eigenvalue weighted by molar-refractivity contribution is 0.898. The maximum absolute atomic E-state index is 11.9. The molecule has 0 bridgehead atoms. The lowest BCUT2D eigenvalue weighted by Crippen LogP contribution is -2.25. The van der Waals surface area contributed by atoms with Crippen molar-refractivity contribution in [3.05, 3.63) is 49.5 Å². The molecule has 3 aromatic heterocycles. The second-order valence-electron chi connectivity index (χ2n) is 4.55. The maximum atomic E-state index is 11.9. The van der Waals surface area contributed by atoms with E-state index in [9.17, 15) is 14.4 Å². The lowest BCUT2D eigenvalue weighted by Gasteiger charge is -2.00. The first-order valence-corrected chi connectivity index (χ1v) is 6.20. The number of H-pyrrole nitrogens is 4. The number of para-hydroxylation sites is 1. The Labute approximate surface area is 119 Å². The SMILES string of the molecule is O=c1nc2[nH]c3c(-c4n[nH]c(=O)[nH]c4=O)cccc3c2n[nH]1. The van der Waals surface area contributed by atoms with E-state index in [1.165, 1.54) is 0 Å². The molecule has 4 aromatic rings. The zero-order valence-electron chi connectivity index (χ0n) is 10.8. The molecule has 0 radical (unpaired) electrons. The average molecular weight is 297 g/mol. The predicted molar refractivity (Wildman–Crippen MR) is 76.5 cm³/mol. The Balaban J connectivity index is 2.14. The van der Waals surface area contributed by atoms with Gasteiger partial charge in [0.05, 0.1) is 5.52 Å². The molecule has 0 spiro atoms. The molecule has 4 N–H and O–H groups in total. The molecule has 0 unspecified atom stereocenters. The van der Waals surface area contributed by atoms with Gasteiger partial charge in [0.15, 0.2) is 11.3 Å². The first-order valence-electron chi connectivity index (χ1n) is 6.20. The number of aromatic amines is 4. The minimum absolute atomic E-state index is 0.0445. The van der Waals surface area contributed by atoms with Gasteiger partial charge in [-0.25, -0.2) is 19.8 Å². The van der Waals surface area contributed by atoms with Crippen LogP contribution in [-0.4, -0.2) is 35.3 Å². The Hall–Kier alpha value is -3.56. The van der Waals surface area contributed by atoms with Gasteiger partial charge in [-0.2, -0.15) is 15.2 Å². The maximum Gasteiger partial charge on any atom is 0.363 e. The van der Waals surface area contributed by atoms with Gasteiger partial charge in [0.2, 0.25) is 0 Å². The van der Waals surface area contributed by atoms with Crippen LogP contribution < -0.4 is 16.9 Å². The average Bonchev–Trinajstić information content (AvgIpc) is 2.85. The molecular formula is C12H7N7O3. The molecule has 0 saturated carbocycles. The Bertz CT molecular complexity index is 1200. The first-order chi connectivity index (χ1) is 10.6. The van der Waals surface area contributed by atoms with E-state index >= 15 is 0 Å². The van der Waals surface area contributed by atoms with Gasteiger partial charge < -0.3 is 4.98 Å². The number of benzene rings is 1. The number of rotatable bonds is 1. The van der Waals surface area contributed by atoms with Gasteiger partial charge in [0.25, 0.3) is 5.56 Å². The highest BCUT2D eigenvalue weighted by Crippen LogP contribution is 2.28. The van der Waals surface area contributed by atoms with Crippen molar-refractivity contribution in [2.75, 3.05) is 0 Å². The molecule has 1 aromatic carbocycles. The van der Waals surface area contributed by atoms with Crippen molar-refractivity contribution in [3.63, 3.8) is 0 Å². The summed E-state index contributed by atoms with van der Waals surface area (Å²) >= 11 is 0. The van der Waals surface area contributed by atoms with Gasteiger partial charge in [-0.3, -0.25) is 9.78 Å². The minimum Gasteiger partial charge on any atom is -0.337 e. The highest BCUT2D eigenvalue weighted by molar-refractivity contribution is 6.08. The van der Waals surface area contributed by atoms with Crippen LogP contribution in [0.5, 0.6) is 0 Å². The van der Waals surface area contributed by atoms with Crippen molar-refractivity contribution in [1.82, 2.24) is 35.3 Å². The highest BCUT2D eigenvalue weighted by Gasteiger charge is 2.15. The third kappa shape index (κ3) is 1.67. The normalized spacial score (nSPS) is 11.3. The summed E-state index contributed by atoms with van der Waals surface area (Å²) in [6.07, 6.45) is 0. The number of fused-ring (bicyclic) bond motifs is 3. The fraction of sp³-hybridized carbons (Fsp3) is 0. The van der Waals surface area contributed by atoms with E-state index in [4.69, 9.17) is 0 Å². The van der Waals surface area contributed by atoms with Crippen molar-refractivity contribution in [3.8, 4) is 11.3 Å². The third-order valence-corrected chi connectivity index (χ3v) is 3.23. The number of aromatic nitrogens is 7. The zero-order chi connectivity index (χ0) is 15.3. The molecule has 10 nitrogen and oxygen atoms in total. The van der Waals surface area contributed by atoms with Crippen LogP contribution in [0.2, 0.25) is 0 Å². The fourth-order valence-electron chi connectivity index (χ4n) is 2.34. The van der Waals surface area contributed by atoms with Gasteiger partial charge in [0, 0.05) is 10.9 Å². The predicted octanol–water partition coefficient (Wildman–Crippen LogP) is -0.762. The molecule has 0 aliphatic heterocycles. The number of hydrogen-bond donors (Lipinski definition) is 4. The summed E-state index contributed by atoms with van der Waals surface area (Å²) in [7, 11) is 0. The monoisotopic (exact) mass is 297 g/mol. The Morgan fingerprint density at radius 2 is 1.82 bits per heavy atom. The zero-order valence-corrected chi connectivity index (χ0v) is 10.8. The largest absolute Gasteiger partial charge is 0.363 e. The smallest absolute Gasteiger partial charge is 0.337 e. The summed E-state index contributed by atoms with van der Waals surface area (Å²) in [5.74, 6) is 0. The molecule has 0 amide bonds. The second kappa shape index (κ2) is 4.22. The van der Waals surface area contributed by atoms with E-state index in [-0.39, 0.29) is 5.69 Å². The van der Waals surface area contributed by atoms with Gasteiger partial charge in [-0.1, -0.05) is 18.2 Å². The second-order valence-corrected chi connectivity index (χ2v) is 4.55. The number of nitrogens with zero attached hydrogens (tertiary/aromatic N) is 3. The number of nitrogens with one attached hydrogen (secondary N) is 4. The summed E-state index contributed by atoms with van der Waals surface area (Å²) in [4.78, 5) is 43.1. The standard InChI is InChI=1S/C12H7N7O3/c20-10-8(17-19-12(22)15-10)5-3-1-2-4-6(5)13-9-7(4)16-18-11(21)14-9/h1-3H,(H2,13,14,18,21)(H2,15,19,20,22). The van der Waals surface area contributed by atoms with Gasteiger partial charge in [0.1, 0.15) is 5.52 Å². The summed E-state index contributed by atoms with van der Waals surface area (Å²) < 4.78 is 0. The molecule has 0 saturated heterocycles. The van der Waals surface area contributed by atoms with E-state index in [0.29, 0.717) is 27.6 Å². The third-order valence-electron chi connectivity index (χ3n) is 3.23.